The van der Waals surface area contributed by atoms with Crippen LogP contribution in [0.1, 0.15) is 29.9 Å². The zero-order valence-electron chi connectivity index (χ0n) is 13.0. The highest BCUT2D eigenvalue weighted by molar-refractivity contribution is 5.95. The van der Waals surface area contributed by atoms with E-state index >= 15 is 0 Å². The molecule has 0 spiro atoms. The van der Waals surface area contributed by atoms with E-state index in [0.29, 0.717) is 23.8 Å². The first-order valence-corrected chi connectivity index (χ1v) is 7.05. The van der Waals surface area contributed by atoms with E-state index in [1.54, 1.807) is 4.68 Å². The Kier molecular flexibility index (Phi) is 4.93. The second kappa shape index (κ2) is 6.89. The topological polar surface area (TPSA) is 82.5 Å². The van der Waals surface area contributed by atoms with Crippen LogP contribution in [0.3, 0.4) is 0 Å². The van der Waals surface area contributed by atoms with Crippen LogP contribution in [0.25, 0.3) is 0 Å². The van der Waals surface area contributed by atoms with Gasteiger partial charge in [-0.3, -0.25) is 4.68 Å². The molecule has 2 N–H and O–H groups in total. The Morgan fingerprint density at radius 3 is 2.64 bits per heavy atom. The first-order chi connectivity index (χ1) is 10.5. The molecule has 1 aromatic carbocycles. The number of amidine groups is 1. The van der Waals surface area contributed by atoms with Crippen LogP contribution >= 0.6 is 0 Å². The Bertz CT molecular complexity index is 675. The number of ether oxygens (including phenoxy) is 1. The van der Waals surface area contributed by atoms with E-state index in [2.05, 4.69) is 10.1 Å². The molecule has 0 aliphatic heterocycles. The van der Waals surface area contributed by atoms with Gasteiger partial charge in [0.05, 0.1) is 19.9 Å². The fourth-order valence-corrected chi connectivity index (χ4v) is 1.91. The van der Waals surface area contributed by atoms with Gasteiger partial charge in [-0.05, 0) is 5.56 Å². The number of aliphatic imine (C=N–C) groups is 1. The summed E-state index contributed by atoms with van der Waals surface area (Å²) < 4.78 is 6.42. The Labute approximate surface area is 129 Å². The van der Waals surface area contributed by atoms with Crippen LogP contribution in [0.5, 0.6) is 0 Å². The third-order valence-corrected chi connectivity index (χ3v) is 3.22. The first kappa shape index (κ1) is 15.8. The lowest BCUT2D eigenvalue weighted by atomic mass is 10.2. The van der Waals surface area contributed by atoms with Crippen molar-refractivity contribution in [3.63, 3.8) is 0 Å². The lowest BCUT2D eigenvalue weighted by Gasteiger charge is -2.08. The molecule has 0 radical (unpaired) electrons. The van der Waals surface area contributed by atoms with Gasteiger partial charge in [0, 0.05) is 5.92 Å². The van der Waals surface area contributed by atoms with E-state index in [1.165, 1.54) is 13.3 Å². The maximum atomic E-state index is 12.1. The molecule has 2 rings (SSSR count). The van der Waals surface area contributed by atoms with E-state index in [-0.39, 0.29) is 5.92 Å². The highest BCUT2D eigenvalue weighted by Crippen LogP contribution is 2.21. The van der Waals surface area contributed by atoms with Gasteiger partial charge in [-0.15, -0.1) is 0 Å². The average molecular weight is 300 g/mol. The molecule has 22 heavy (non-hydrogen) atoms. The zero-order valence-corrected chi connectivity index (χ0v) is 13.0. The van der Waals surface area contributed by atoms with Crippen molar-refractivity contribution in [2.75, 3.05) is 7.11 Å². The molecule has 1 aromatic heterocycles. The van der Waals surface area contributed by atoms with Crippen molar-refractivity contribution in [1.82, 2.24) is 9.78 Å². The number of hydrogen-bond donors (Lipinski definition) is 1. The van der Waals surface area contributed by atoms with Crippen molar-refractivity contribution in [2.45, 2.75) is 20.4 Å². The number of esters is 1. The normalized spacial score (nSPS) is 11.7. The summed E-state index contributed by atoms with van der Waals surface area (Å²) in [5.41, 5.74) is 7.64. The molecular formula is C16H20N4O2. The molecule has 0 saturated carbocycles. The van der Waals surface area contributed by atoms with Crippen LogP contribution in [0.2, 0.25) is 0 Å². The molecule has 116 valence electrons. The minimum atomic E-state index is -0.483. The molecule has 6 nitrogen and oxygen atoms in total. The van der Waals surface area contributed by atoms with Crippen molar-refractivity contribution in [1.29, 1.82) is 0 Å². The molecule has 0 amide bonds. The van der Waals surface area contributed by atoms with Crippen molar-refractivity contribution < 1.29 is 9.53 Å². The van der Waals surface area contributed by atoms with Crippen LogP contribution in [0.4, 0.5) is 5.69 Å². The van der Waals surface area contributed by atoms with E-state index < -0.39 is 5.97 Å². The molecule has 1 heterocycles. The summed E-state index contributed by atoms with van der Waals surface area (Å²) in [6.45, 7) is 4.33. The number of nitrogens with two attached hydrogens (primary N) is 1. The summed E-state index contributed by atoms with van der Waals surface area (Å²) in [5.74, 6) is 0.0520. The van der Waals surface area contributed by atoms with Gasteiger partial charge in [0.2, 0.25) is 0 Å². The lowest BCUT2D eigenvalue weighted by Crippen LogP contribution is -2.18. The first-order valence-electron chi connectivity index (χ1n) is 7.05. The van der Waals surface area contributed by atoms with Gasteiger partial charge >= 0.3 is 5.97 Å². The van der Waals surface area contributed by atoms with Crippen molar-refractivity contribution in [2.24, 2.45) is 16.6 Å². The summed E-state index contributed by atoms with van der Waals surface area (Å²) in [6, 6.07) is 9.74. The van der Waals surface area contributed by atoms with Crippen LogP contribution in [0.15, 0.2) is 41.5 Å². The molecular weight excluding hydrogens is 280 g/mol. The summed E-state index contributed by atoms with van der Waals surface area (Å²) >= 11 is 0. The molecule has 0 unspecified atom stereocenters. The van der Waals surface area contributed by atoms with Gasteiger partial charge in [0.15, 0.2) is 5.69 Å². The number of methoxy groups -OCH3 is 1. The van der Waals surface area contributed by atoms with E-state index in [9.17, 15) is 4.79 Å². The summed E-state index contributed by atoms with van der Waals surface area (Å²) in [7, 11) is 1.33. The molecule has 6 heteroatoms. The number of nitrogens with zero attached hydrogens (tertiary/aromatic N) is 3. The molecule has 0 fully saturated rings. The third-order valence-electron chi connectivity index (χ3n) is 3.22. The lowest BCUT2D eigenvalue weighted by molar-refractivity contribution is 0.0588. The molecule has 0 saturated heterocycles. The molecule has 0 aliphatic carbocycles. The van der Waals surface area contributed by atoms with Crippen LogP contribution in [-0.2, 0) is 11.3 Å². The summed E-state index contributed by atoms with van der Waals surface area (Å²) in [5, 5.41) is 4.25. The third kappa shape index (κ3) is 3.52. The number of benzene rings is 1. The van der Waals surface area contributed by atoms with E-state index in [1.807, 2.05) is 44.2 Å². The maximum Gasteiger partial charge on any atom is 0.358 e. The van der Waals surface area contributed by atoms with E-state index in [0.717, 1.165) is 5.56 Å². The van der Waals surface area contributed by atoms with Crippen molar-refractivity contribution in [3.05, 3.63) is 47.8 Å². The van der Waals surface area contributed by atoms with Crippen LogP contribution < -0.4 is 5.73 Å². The highest BCUT2D eigenvalue weighted by atomic mass is 16.5. The predicted molar refractivity (Wildman–Crippen MR) is 85.2 cm³/mol. The quantitative estimate of drug-likeness (QED) is 0.522. The number of hydrogen-bond acceptors (Lipinski definition) is 4. The fourth-order valence-electron chi connectivity index (χ4n) is 1.91. The SMILES string of the molecule is COC(=O)c1c(N=C(N)C(C)C)cnn1Cc1ccccc1. The molecule has 0 atom stereocenters. The van der Waals surface area contributed by atoms with Gasteiger partial charge in [-0.2, -0.15) is 5.10 Å². The monoisotopic (exact) mass is 300 g/mol. The fraction of sp³-hybridized carbons (Fsp3) is 0.312. The second-order valence-electron chi connectivity index (χ2n) is 5.20. The van der Waals surface area contributed by atoms with Crippen LogP contribution in [0, 0.1) is 5.92 Å². The Hall–Kier alpha value is -2.63. The van der Waals surface area contributed by atoms with Gasteiger partial charge in [0.25, 0.3) is 0 Å². The van der Waals surface area contributed by atoms with E-state index in [4.69, 9.17) is 10.5 Å². The standard InChI is InChI=1S/C16H20N4O2/c1-11(2)15(17)19-13-9-18-20(14(13)16(21)22-3)10-12-7-5-4-6-8-12/h4-9,11H,10H2,1-3H3,(H2,17,19). The minimum Gasteiger partial charge on any atom is -0.464 e. The highest BCUT2D eigenvalue weighted by Gasteiger charge is 2.20. The van der Waals surface area contributed by atoms with Gasteiger partial charge in [-0.25, -0.2) is 9.79 Å². The largest absolute Gasteiger partial charge is 0.464 e. The number of rotatable bonds is 5. The smallest absolute Gasteiger partial charge is 0.358 e. The second-order valence-corrected chi connectivity index (χ2v) is 5.20. The number of carbonyl (C=O) groups is 1. The maximum absolute atomic E-state index is 12.1. The molecule has 0 bridgehead atoms. The van der Waals surface area contributed by atoms with Gasteiger partial charge in [0.1, 0.15) is 11.5 Å². The van der Waals surface area contributed by atoms with Gasteiger partial charge in [-0.1, -0.05) is 44.2 Å². The Morgan fingerprint density at radius 1 is 1.36 bits per heavy atom. The average Bonchev–Trinajstić information content (AvgIpc) is 2.89. The van der Waals surface area contributed by atoms with Crippen molar-refractivity contribution in [3.8, 4) is 0 Å². The number of carbonyl (C=O) groups excluding carboxylic acids is 1. The molecule has 0 aliphatic rings. The predicted octanol–water partition coefficient (Wildman–Crippen LogP) is 2.36. The zero-order chi connectivity index (χ0) is 16.1. The molecule has 2 aromatic rings. The summed E-state index contributed by atoms with van der Waals surface area (Å²) in [4.78, 5) is 16.4. The Morgan fingerprint density at radius 2 is 2.05 bits per heavy atom. The minimum absolute atomic E-state index is 0.0861. The van der Waals surface area contributed by atoms with Crippen LogP contribution in [-0.4, -0.2) is 28.7 Å². The van der Waals surface area contributed by atoms with Crippen molar-refractivity contribution >= 4 is 17.5 Å². The summed E-state index contributed by atoms with van der Waals surface area (Å²) in [6.07, 6.45) is 1.53. The van der Waals surface area contributed by atoms with Gasteiger partial charge < -0.3 is 10.5 Å². The Balaban J connectivity index is 2.41. The number of aromatic nitrogens is 2.